The molecular weight excluding hydrogens is 577 g/mol. The van der Waals surface area contributed by atoms with Crippen LogP contribution < -0.4 is 10.6 Å². The third-order valence-electron chi connectivity index (χ3n) is 6.24. The third kappa shape index (κ3) is 10.5. The van der Waals surface area contributed by atoms with Crippen molar-refractivity contribution in [2.75, 3.05) is 32.1 Å². The highest BCUT2D eigenvalue weighted by Gasteiger charge is 2.23. The second-order valence-electron chi connectivity index (χ2n) is 9.22. The monoisotopic (exact) mass is 608 g/mol. The molecule has 0 aliphatic heterocycles. The Labute approximate surface area is 240 Å². The van der Waals surface area contributed by atoms with Crippen LogP contribution in [0.2, 0.25) is 0 Å². The molecule has 0 saturated carbocycles. The normalized spacial score (nSPS) is 12.0. The van der Waals surface area contributed by atoms with E-state index in [1.165, 1.54) is 24.1 Å². The summed E-state index contributed by atoms with van der Waals surface area (Å²) in [6.07, 6.45) is 0.410. The van der Waals surface area contributed by atoms with E-state index in [0.717, 1.165) is 16.8 Å². The number of nitrogens with one attached hydrogen (secondary N) is 2. The summed E-state index contributed by atoms with van der Waals surface area (Å²) in [5.41, 5.74) is 0.0312. The molecule has 3 aromatic rings. The lowest BCUT2D eigenvalue weighted by molar-refractivity contribution is -0.133. The fraction of sp³-hybridized carbons (Fsp3) is 0.333. The fourth-order valence-corrected chi connectivity index (χ4v) is 4.29. The number of aromatic nitrogens is 1. The lowest BCUT2D eigenvalue weighted by Gasteiger charge is -2.28. The highest BCUT2D eigenvalue weighted by Crippen LogP contribution is 2.35. The molecule has 1 aromatic heterocycles. The number of amides is 3. The average molecular weight is 609 g/mol. The van der Waals surface area contributed by atoms with Gasteiger partial charge in [-0.1, -0.05) is 36.4 Å². The van der Waals surface area contributed by atoms with Crippen LogP contribution in [0.1, 0.15) is 24.8 Å². The van der Waals surface area contributed by atoms with Gasteiger partial charge in [-0.3, -0.25) is 19.4 Å². The van der Waals surface area contributed by atoms with Gasteiger partial charge in [-0.15, -0.1) is 0 Å². The Morgan fingerprint density at radius 3 is 2.55 bits per heavy atom. The summed E-state index contributed by atoms with van der Waals surface area (Å²) in [5, 5.41) is 6.67. The van der Waals surface area contributed by atoms with Crippen LogP contribution in [0, 0.1) is 11.6 Å². The van der Waals surface area contributed by atoms with Gasteiger partial charge in [0.1, 0.15) is 12.4 Å². The predicted molar refractivity (Wildman–Crippen MR) is 148 cm³/mol. The molecule has 0 saturated heterocycles. The van der Waals surface area contributed by atoms with Crippen LogP contribution in [-0.4, -0.2) is 70.4 Å². The number of aryl methyl sites for hydroxylation is 1. The zero-order valence-electron chi connectivity index (χ0n) is 22.7. The van der Waals surface area contributed by atoms with E-state index in [4.69, 9.17) is 14.5 Å². The summed E-state index contributed by atoms with van der Waals surface area (Å²) in [7, 11) is -3.23. The Balaban J connectivity index is 1.59. The summed E-state index contributed by atoms with van der Waals surface area (Å²) in [5.74, 6) is -2.77. The van der Waals surface area contributed by atoms with Crippen LogP contribution in [0.5, 0.6) is 0 Å². The molecule has 0 aliphatic carbocycles. The molecule has 15 heteroatoms. The van der Waals surface area contributed by atoms with Gasteiger partial charge in [0.2, 0.25) is 11.8 Å². The molecule has 4 N–H and O–H groups in total. The number of carbonyl (C=O) groups excluding carboxylic acids is 3. The number of hydrogen-bond donors (Lipinski definition) is 4. The number of halogens is 2. The Kier molecular flexibility index (Phi) is 11.9. The first-order chi connectivity index (χ1) is 19.9. The number of phosphoric ester groups is 1. The minimum atomic E-state index is -4.67. The largest absolute Gasteiger partial charge is 0.469 e. The number of ether oxygens (including phenoxy) is 1. The first-order valence-electron chi connectivity index (χ1n) is 12.9. The number of fused-ring (bicyclic) bond motifs is 1. The van der Waals surface area contributed by atoms with Crippen LogP contribution in [0.15, 0.2) is 54.7 Å². The van der Waals surface area contributed by atoms with Crippen molar-refractivity contribution in [3.63, 3.8) is 0 Å². The van der Waals surface area contributed by atoms with Crippen LogP contribution in [0.4, 0.5) is 19.4 Å². The fourth-order valence-electron chi connectivity index (χ4n) is 3.96. The van der Waals surface area contributed by atoms with Crippen LogP contribution in [-0.2, 0) is 29.8 Å². The van der Waals surface area contributed by atoms with Gasteiger partial charge >= 0.3 is 13.9 Å². The summed E-state index contributed by atoms with van der Waals surface area (Å²) >= 11 is 0. The summed E-state index contributed by atoms with van der Waals surface area (Å²) in [4.78, 5) is 60.5. The van der Waals surface area contributed by atoms with E-state index in [1.807, 2.05) is 24.3 Å². The smallest absolute Gasteiger partial charge is 0.447 e. The van der Waals surface area contributed by atoms with E-state index in [2.05, 4.69) is 20.1 Å². The van der Waals surface area contributed by atoms with E-state index in [9.17, 15) is 27.7 Å². The molecule has 2 aromatic carbocycles. The summed E-state index contributed by atoms with van der Waals surface area (Å²) in [6.45, 7) is -0.884. The Hall–Kier alpha value is -3.97. The first kappa shape index (κ1) is 32.5. The molecule has 0 unspecified atom stereocenters. The predicted octanol–water partition coefficient (Wildman–Crippen LogP) is 3.53. The SMILES string of the molecule is CN(C(=O)CCc1cccc(F)c1F)[C@@H](CCC(=O)NCCOP(=O)(O)O)COC(=O)Nc1cc2ccccc2cn1. The van der Waals surface area contributed by atoms with Crippen molar-refractivity contribution in [1.82, 2.24) is 15.2 Å². The minimum Gasteiger partial charge on any atom is -0.447 e. The number of phosphoric acid groups is 1. The second-order valence-corrected chi connectivity index (χ2v) is 10.5. The standard InChI is InChI=1S/C27H31F2N4O8P/c1-33(25(35)12-9-18-7-4-8-22(28)26(18)29)21(10-11-24(34)30-13-14-41-42(37,38)39)17-40-27(36)32-23-15-19-5-2-3-6-20(19)16-31-23/h2-8,15-16,21H,9-14,17H2,1H3,(H,30,34)(H,31,32,36)(H2,37,38,39)/t21-/m0/s1. The van der Waals surface area contributed by atoms with Crippen molar-refractivity contribution < 1.29 is 46.8 Å². The van der Waals surface area contributed by atoms with Gasteiger partial charge in [-0.2, -0.15) is 0 Å². The van der Waals surface area contributed by atoms with Crippen LogP contribution in [0.3, 0.4) is 0 Å². The highest BCUT2D eigenvalue weighted by atomic mass is 31.2. The first-order valence-corrected chi connectivity index (χ1v) is 14.4. The number of nitrogens with zero attached hydrogens (tertiary/aromatic N) is 2. The number of likely N-dealkylation sites (N-methyl/N-ethyl adjacent to an activating group) is 1. The molecule has 0 radical (unpaired) electrons. The van der Waals surface area contributed by atoms with E-state index < -0.39 is 50.0 Å². The van der Waals surface area contributed by atoms with Gasteiger partial charge < -0.3 is 24.7 Å². The van der Waals surface area contributed by atoms with Gasteiger partial charge in [0, 0.05) is 38.0 Å². The third-order valence-corrected chi connectivity index (χ3v) is 6.76. The molecule has 3 amide bonds. The van der Waals surface area contributed by atoms with Crippen molar-refractivity contribution in [2.24, 2.45) is 0 Å². The topological polar surface area (TPSA) is 167 Å². The molecule has 3 rings (SSSR count). The number of benzene rings is 2. The van der Waals surface area contributed by atoms with E-state index in [0.29, 0.717) is 0 Å². The average Bonchev–Trinajstić information content (AvgIpc) is 2.95. The molecule has 0 aliphatic rings. The number of pyridine rings is 1. The lowest BCUT2D eigenvalue weighted by Crippen LogP contribution is -2.42. The number of carbonyl (C=O) groups is 3. The second kappa shape index (κ2) is 15.3. The maximum atomic E-state index is 14.0. The zero-order chi connectivity index (χ0) is 30.7. The molecule has 0 bridgehead atoms. The number of anilines is 1. The lowest BCUT2D eigenvalue weighted by atomic mass is 10.1. The summed E-state index contributed by atoms with van der Waals surface area (Å²) in [6, 6.07) is 12.0. The van der Waals surface area contributed by atoms with Crippen LogP contribution >= 0.6 is 7.82 Å². The van der Waals surface area contributed by atoms with Crippen molar-refractivity contribution in [1.29, 1.82) is 0 Å². The van der Waals surface area contributed by atoms with E-state index in [-0.39, 0.29) is 50.2 Å². The number of rotatable bonds is 14. The molecule has 0 fully saturated rings. The van der Waals surface area contributed by atoms with Crippen molar-refractivity contribution in [2.45, 2.75) is 31.7 Å². The maximum absolute atomic E-state index is 14.0. The minimum absolute atomic E-state index is 0.0312. The summed E-state index contributed by atoms with van der Waals surface area (Å²) < 4.78 is 47.9. The van der Waals surface area contributed by atoms with Crippen molar-refractivity contribution >= 4 is 42.3 Å². The van der Waals surface area contributed by atoms with Gasteiger partial charge in [0.05, 0.1) is 12.6 Å². The van der Waals surface area contributed by atoms with E-state index >= 15 is 0 Å². The molecule has 226 valence electrons. The highest BCUT2D eigenvalue weighted by molar-refractivity contribution is 7.46. The molecule has 42 heavy (non-hydrogen) atoms. The molecule has 1 atom stereocenters. The van der Waals surface area contributed by atoms with Gasteiger partial charge in [-0.25, -0.2) is 23.1 Å². The maximum Gasteiger partial charge on any atom is 0.469 e. The Morgan fingerprint density at radius 1 is 1.07 bits per heavy atom. The quantitative estimate of drug-likeness (QED) is 0.158. The van der Waals surface area contributed by atoms with Gasteiger partial charge in [0.25, 0.3) is 0 Å². The van der Waals surface area contributed by atoms with Crippen LogP contribution in [0.25, 0.3) is 10.8 Å². The van der Waals surface area contributed by atoms with Crippen molar-refractivity contribution in [3.05, 3.63) is 71.9 Å². The Morgan fingerprint density at radius 2 is 1.81 bits per heavy atom. The van der Waals surface area contributed by atoms with Gasteiger partial charge in [0.15, 0.2) is 11.6 Å². The molecule has 12 nitrogen and oxygen atoms in total. The molecular formula is C27H31F2N4O8P. The van der Waals surface area contributed by atoms with Crippen molar-refractivity contribution in [3.8, 4) is 0 Å². The van der Waals surface area contributed by atoms with E-state index in [1.54, 1.807) is 12.3 Å². The molecule has 1 heterocycles. The Bertz CT molecular complexity index is 1450. The zero-order valence-corrected chi connectivity index (χ0v) is 23.6. The number of hydrogen-bond acceptors (Lipinski definition) is 7. The molecule has 0 spiro atoms. The van der Waals surface area contributed by atoms with Gasteiger partial charge in [-0.05, 0) is 35.9 Å².